The summed E-state index contributed by atoms with van der Waals surface area (Å²) in [6.07, 6.45) is 3.83. The van der Waals surface area contributed by atoms with E-state index in [0.29, 0.717) is 12.5 Å². The Morgan fingerprint density at radius 1 is 1.46 bits per heavy atom. The number of nitrogens with zero attached hydrogens (tertiary/aromatic N) is 5. The highest BCUT2D eigenvalue weighted by Crippen LogP contribution is 2.18. The van der Waals surface area contributed by atoms with Crippen molar-refractivity contribution < 1.29 is 0 Å². The van der Waals surface area contributed by atoms with Gasteiger partial charge in [0.15, 0.2) is 5.96 Å². The summed E-state index contributed by atoms with van der Waals surface area (Å²) in [7, 11) is 4.01. The van der Waals surface area contributed by atoms with Crippen molar-refractivity contribution in [2.75, 3.05) is 13.6 Å². The van der Waals surface area contributed by atoms with Crippen LogP contribution in [0.1, 0.15) is 43.6 Å². The fraction of sp³-hybridized carbons (Fsp3) is 0.562. The highest BCUT2D eigenvalue weighted by molar-refractivity contribution is 14.0. The molecule has 0 aromatic carbocycles. The molecule has 0 amide bonds. The quantitative estimate of drug-likeness (QED) is 0.407. The maximum absolute atomic E-state index is 4.67. The summed E-state index contributed by atoms with van der Waals surface area (Å²) in [5.74, 6) is 1.28. The van der Waals surface area contributed by atoms with Gasteiger partial charge >= 0.3 is 0 Å². The van der Waals surface area contributed by atoms with Crippen LogP contribution in [0.5, 0.6) is 0 Å². The Morgan fingerprint density at radius 2 is 2.21 bits per heavy atom. The van der Waals surface area contributed by atoms with E-state index in [1.807, 2.05) is 24.8 Å². The predicted molar refractivity (Wildman–Crippen MR) is 108 cm³/mol. The zero-order valence-electron chi connectivity index (χ0n) is 15.1. The van der Waals surface area contributed by atoms with Crippen molar-refractivity contribution in [3.05, 3.63) is 35.4 Å². The zero-order valence-corrected chi connectivity index (χ0v) is 17.4. The molecule has 0 bridgehead atoms. The third-order valence-corrected chi connectivity index (χ3v) is 3.55. The fourth-order valence-corrected chi connectivity index (χ4v) is 2.50. The molecule has 8 heteroatoms. The average Bonchev–Trinajstić information content (AvgIpc) is 3.13. The second-order valence-electron chi connectivity index (χ2n) is 5.98. The van der Waals surface area contributed by atoms with Gasteiger partial charge in [0.05, 0.1) is 17.9 Å². The molecular formula is C16H28IN7. The van der Waals surface area contributed by atoms with E-state index in [1.54, 1.807) is 6.20 Å². The molecule has 0 spiro atoms. The van der Waals surface area contributed by atoms with Crippen LogP contribution in [0.2, 0.25) is 0 Å². The van der Waals surface area contributed by atoms with Gasteiger partial charge < -0.3 is 10.2 Å². The normalized spacial score (nSPS) is 11.5. The van der Waals surface area contributed by atoms with Crippen molar-refractivity contribution in [2.45, 2.75) is 39.8 Å². The molecule has 2 heterocycles. The summed E-state index contributed by atoms with van der Waals surface area (Å²) in [6.45, 7) is 8.60. The maximum atomic E-state index is 4.67. The lowest BCUT2D eigenvalue weighted by molar-refractivity contribution is 0.473. The summed E-state index contributed by atoms with van der Waals surface area (Å²) >= 11 is 0. The molecule has 0 aliphatic rings. The standard InChI is InChI=1S/C16H27N7.HI/c1-6-17-16(18-9-14-7-8-19-20-14)22(4)10-13-11-23(5)21-15(13)12(2)3;/h7-8,11-12H,6,9-10H2,1-5H3,(H,17,18)(H,19,20);1H. The first-order valence-electron chi connectivity index (χ1n) is 8.01. The highest BCUT2D eigenvalue weighted by Gasteiger charge is 2.15. The molecule has 0 saturated carbocycles. The molecule has 24 heavy (non-hydrogen) atoms. The molecule has 2 aromatic rings. The molecule has 0 saturated heterocycles. The molecule has 7 nitrogen and oxygen atoms in total. The van der Waals surface area contributed by atoms with Crippen molar-refractivity contribution in [2.24, 2.45) is 12.0 Å². The van der Waals surface area contributed by atoms with Crippen LogP contribution in [0.25, 0.3) is 0 Å². The number of nitrogens with one attached hydrogen (secondary N) is 2. The molecule has 0 atom stereocenters. The van der Waals surface area contributed by atoms with E-state index in [0.717, 1.165) is 30.4 Å². The lowest BCUT2D eigenvalue weighted by atomic mass is 10.1. The number of aromatic amines is 1. The van der Waals surface area contributed by atoms with Crippen LogP contribution in [0.3, 0.4) is 0 Å². The van der Waals surface area contributed by atoms with E-state index in [2.05, 4.69) is 57.5 Å². The number of aryl methyl sites for hydroxylation is 1. The van der Waals surface area contributed by atoms with Gasteiger partial charge in [-0.05, 0) is 18.9 Å². The first-order chi connectivity index (χ1) is 11.0. The number of aliphatic imine (C=N–C) groups is 1. The van der Waals surface area contributed by atoms with E-state index in [4.69, 9.17) is 0 Å². The molecule has 134 valence electrons. The van der Waals surface area contributed by atoms with Crippen molar-refractivity contribution in [1.82, 2.24) is 30.2 Å². The topological polar surface area (TPSA) is 74.1 Å². The van der Waals surface area contributed by atoms with E-state index in [1.165, 1.54) is 5.56 Å². The fourth-order valence-electron chi connectivity index (χ4n) is 2.50. The summed E-state index contributed by atoms with van der Waals surface area (Å²) in [4.78, 5) is 6.79. The van der Waals surface area contributed by atoms with Gasteiger partial charge in [-0.1, -0.05) is 13.8 Å². The Hall–Kier alpha value is -1.58. The lowest BCUT2D eigenvalue weighted by Gasteiger charge is -2.22. The molecule has 2 rings (SSSR count). The number of rotatable bonds is 6. The number of hydrogen-bond acceptors (Lipinski definition) is 3. The van der Waals surface area contributed by atoms with Crippen LogP contribution in [0.4, 0.5) is 0 Å². The van der Waals surface area contributed by atoms with E-state index in [9.17, 15) is 0 Å². The number of guanidine groups is 1. The summed E-state index contributed by atoms with van der Waals surface area (Å²) < 4.78 is 1.88. The van der Waals surface area contributed by atoms with Crippen LogP contribution < -0.4 is 5.32 Å². The average molecular weight is 445 g/mol. The molecular weight excluding hydrogens is 417 g/mol. The number of halogens is 1. The predicted octanol–water partition coefficient (Wildman–Crippen LogP) is 2.48. The van der Waals surface area contributed by atoms with Crippen LogP contribution in [0, 0.1) is 0 Å². The van der Waals surface area contributed by atoms with Gasteiger partial charge in [0.1, 0.15) is 0 Å². The molecule has 0 aliphatic heterocycles. The highest BCUT2D eigenvalue weighted by atomic mass is 127. The molecule has 2 aromatic heterocycles. The summed E-state index contributed by atoms with van der Waals surface area (Å²) in [5.41, 5.74) is 3.37. The minimum absolute atomic E-state index is 0. The van der Waals surface area contributed by atoms with Crippen LogP contribution in [0.15, 0.2) is 23.5 Å². The first-order valence-corrected chi connectivity index (χ1v) is 8.01. The lowest BCUT2D eigenvalue weighted by Crippen LogP contribution is -2.38. The summed E-state index contributed by atoms with van der Waals surface area (Å²) in [6, 6.07) is 1.94. The Morgan fingerprint density at radius 3 is 2.79 bits per heavy atom. The van der Waals surface area contributed by atoms with E-state index in [-0.39, 0.29) is 24.0 Å². The second kappa shape index (κ2) is 9.65. The van der Waals surface area contributed by atoms with Gasteiger partial charge in [0.2, 0.25) is 0 Å². The largest absolute Gasteiger partial charge is 0.357 e. The van der Waals surface area contributed by atoms with Crippen molar-refractivity contribution in [1.29, 1.82) is 0 Å². The van der Waals surface area contributed by atoms with Gasteiger partial charge in [-0.25, -0.2) is 4.99 Å². The monoisotopic (exact) mass is 445 g/mol. The zero-order chi connectivity index (χ0) is 16.8. The second-order valence-corrected chi connectivity index (χ2v) is 5.98. The molecule has 0 unspecified atom stereocenters. The SMILES string of the molecule is CCNC(=NCc1ccn[nH]1)N(C)Cc1cn(C)nc1C(C)C.I. The first kappa shape index (κ1) is 20.5. The molecule has 2 N–H and O–H groups in total. The Kier molecular flexibility index (Phi) is 8.23. The smallest absolute Gasteiger partial charge is 0.194 e. The molecule has 0 aliphatic carbocycles. The van der Waals surface area contributed by atoms with Gasteiger partial charge in [0.25, 0.3) is 0 Å². The van der Waals surface area contributed by atoms with Gasteiger partial charge in [-0.3, -0.25) is 9.78 Å². The summed E-state index contributed by atoms with van der Waals surface area (Å²) in [5, 5.41) is 14.8. The van der Waals surface area contributed by atoms with Gasteiger partial charge in [0, 0.05) is 45.1 Å². The van der Waals surface area contributed by atoms with Crippen molar-refractivity contribution in [3.8, 4) is 0 Å². The van der Waals surface area contributed by atoms with E-state index >= 15 is 0 Å². The maximum Gasteiger partial charge on any atom is 0.194 e. The van der Waals surface area contributed by atoms with Gasteiger partial charge in [-0.2, -0.15) is 10.2 Å². The number of H-pyrrole nitrogens is 1. The number of hydrogen-bond donors (Lipinski definition) is 2. The third kappa shape index (κ3) is 5.50. The minimum atomic E-state index is 0. The molecule has 0 radical (unpaired) electrons. The Balaban J connectivity index is 0.00000288. The van der Waals surface area contributed by atoms with E-state index < -0.39 is 0 Å². The number of aromatic nitrogens is 4. The van der Waals surface area contributed by atoms with Crippen LogP contribution >= 0.6 is 24.0 Å². The molecule has 0 fully saturated rings. The van der Waals surface area contributed by atoms with Crippen LogP contribution in [-0.4, -0.2) is 44.4 Å². The van der Waals surface area contributed by atoms with Crippen molar-refractivity contribution in [3.63, 3.8) is 0 Å². The Labute approximate surface area is 160 Å². The minimum Gasteiger partial charge on any atom is -0.357 e. The van der Waals surface area contributed by atoms with Crippen molar-refractivity contribution >= 4 is 29.9 Å². The van der Waals surface area contributed by atoms with Crippen LogP contribution in [-0.2, 0) is 20.1 Å². The third-order valence-electron chi connectivity index (χ3n) is 3.55. The Bertz CT molecular complexity index is 631. The van der Waals surface area contributed by atoms with Gasteiger partial charge in [-0.15, -0.1) is 24.0 Å².